The number of nitrogens with zero attached hydrogens (tertiary/aromatic N) is 3. The topological polar surface area (TPSA) is 90.0 Å². The summed E-state index contributed by atoms with van der Waals surface area (Å²) < 4.78 is 6.52. The summed E-state index contributed by atoms with van der Waals surface area (Å²) in [6.45, 7) is 3.57. The standard InChI is InChI=1S/C21H18N4O3/c1-13-4-3-5-17-20(13)22-12-25(21(17)27)10-19(26)24-16-8-6-15(7-9-16)18-11-28-14(2)23-18/h3-9,11-12H,10H2,1-2H3,(H,24,26). The van der Waals surface area contributed by atoms with Gasteiger partial charge in [-0.2, -0.15) is 0 Å². The molecule has 0 aliphatic heterocycles. The number of anilines is 1. The largest absolute Gasteiger partial charge is 0.449 e. The summed E-state index contributed by atoms with van der Waals surface area (Å²) in [6, 6.07) is 12.7. The molecule has 2 aromatic heterocycles. The minimum Gasteiger partial charge on any atom is -0.449 e. The van der Waals surface area contributed by atoms with Crippen molar-refractivity contribution >= 4 is 22.5 Å². The van der Waals surface area contributed by atoms with Crippen molar-refractivity contribution in [3.63, 3.8) is 0 Å². The second-order valence-corrected chi connectivity index (χ2v) is 6.53. The van der Waals surface area contributed by atoms with Gasteiger partial charge in [-0.25, -0.2) is 9.97 Å². The van der Waals surface area contributed by atoms with E-state index in [0.717, 1.165) is 16.8 Å². The summed E-state index contributed by atoms with van der Waals surface area (Å²) in [5.41, 5.74) is 3.60. The fraction of sp³-hybridized carbons (Fsp3) is 0.143. The number of carbonyl (C=O) groups is 1. The van der Waals surface area contributed by atoms with Crippen LogP contribution in [0.1, 0.15) is 11.5 Å². The van der Waals surface area contributed by atoms with Gasteiger partial charge in [0.2, 0.25) is 5.91 Å². The zero-order valence-electron chi connectivity index (χ0n) is 15.5. The summed E-state index contributed by atoms with van der Waals surface area (Å²) in [7, 11) is 0. The van der Waals surface area contributed by atoms with E-state index < -0.39 is 0 Å². The van der Waals surface area contributed by atoms with Crippen molar-refractivity contribution in [3.05, 3.63) is 76.9 Å². The van der Waals surface area contributed by atoms with E-state index in [0.29, 0.717) is 22.5 Å². The molecule has 0 aliphatic carbocycles. The maximum absolute atomic E-state index is 12.6. The van der Waals surface area contributed by atoms with Gasteiger partial charge in [0.1, 0.15) is 18.5 Å². The van der Waals surface area contributed by atoms with E-state index in [1.165, 1.54) is 10.9 Å². The van der Waals surface area contributed by atoms with Crippen LogP contribution in [0.5, 0.6) is 0 Å². The Balaban J connectivity index is 1.49. The van der Waals surface area contributed by atoms with E-state index in [1.54, 1.807) is 31.4 Å². The fourth-order valence-corrected chi connectivity index (χ4v) is 3.03. The van der Waals surface area contributed by atoms with Gasteiger partial charge in [-0.3, -0.25) is 14.2 Å². The van der Waals surface area contributed by atoms with Crippen LogP contribution in [0.2, 0.25) is 0 Å². The lowest BCUT2D eigenvalue weighted by molar-refractivity contribution is -0.116. The molecule has 1 amide bonds. The van der Waals surface area contributed by atoms with Crippen molar-refractivity contribution in [2.75, 3.05) is 5.32 Å². The molecular weight excluding hydrogens is 356 g/mol. The summed E-state index contributed by atoms with van der Waals surface area (Å²) in [5, 5.41) is 3.29. The Morgan fingerprint density at radius 3 is 2.64 bits per heavy atom. The third kappa shape index (κ3) is 3.42. The lowest BCUT2D eigenvalue weighted by Crippen LogP contribution is -2.28. The molecule has 0 unspecified atom stereocenters. The van der Waals surface area contributed by atoms with Gasteiger partial charge in [-0.05, 0) is 30.7 Å². The molecule has 0 spiro atoms. The molecule has 0 bridgehead atoms. The van der Waals surface area contributed by atoms with Crippen LogP contribution in [0, 0.1) is 13.8 Å². The Hall–Kier alpha value is -3.74. The van der Waals surface area contributed by atoms with E-state index in [2.05, 4.69) is 15.3 Å². The molecule has 0 atom stereocenters. The van der Waals surface area contributed by atoms with E-state index in [1.807, 2.05) is 31.2 Å². The zero-order chi connectivity index (χ0) is 19.7. The second kappa shape index (κ2) is 7.11. The molecule has 4 rings (SSSR count). The van der Waals surface area contributed by atoms with Gasteiger partial charge in [0.05, 0.1) is 17.2 Å². The number of carbonyl (C=O) groups excluding carboxylic acids is 1. The van der Waals surface area contributed by atoms with Crippen LogP contribution in [0.4, 0.5) is 5.69 Å². The quantitative estimate of drug-likeness (QED) is 0.592. The third-order valence-electron chi connectivity index (χ3n) is 4.45. The number of benzene rings is 2. The van der Waals surface area contributed by atoms with Gasteiger partial charge < -0.3 is 9.73 Å². The van der Waals surface area contributed by atoms with Crippen LogP contribution in [0.15, 0.2) is 64.3 Å². The van der Waals surface area contributed by atoms with Gasteiger partial charge >= 0.3 is 0 Å². The number of hydrogen-bond donors (Lipinski definition) is 1. The Morgan fingerprint density at radius 1 is 1.14 bits per heavy atom. The van der Waals surface area contributed by atoms with E-state index in [-0.39, 0.29) is 18.0 Å². The van der Waals surface area contributed by atoms with Crippen molar-refractivity contribution in [3.8, 4) is 11.3 Å². The highest BCUT2D eigenvalue weighted by Crippen LogP contribution is 2.20. The van der Waals surface area contributed by atoms with Gasteiger partial charge in [-0.1, -0.05) is 24.3 Å². The van der Waals surface area contributed by atoms with Crippen molar-refractivity contribution in [1.82, 2.24) is 14.5 Å². The monoisotopic (exact) mass is 374 g/mol. The normalized spacial score (nSPS) is 10.9. The first kappa shape index (κ1) is 17.7. The van der Waals surface area contributed by atoms with E-state index in [9.17, 15) is 9.59 Å². The summed E-state index contributed by atoms with van der Waals surface area (Å²) in [4.78, 5) is 33.6. The predicted octanol–water partition coefficient (Wildman–Crippen LogP) is 3.31. The van der Waals surface area contributed by atoms with Gasteiger partial charge in [0, 0.05) is 18.2 Å². The maximum Gasteiger partial charge on any atom is 0.261 e. The number of oxazole rings is 1. The number of nitrogens with one attached hydrogen (secondary N) is 1. The van der Waals surface area contributed by atoms with E-state index >= 15 is 0 Å². The molecule has 0 saturated heterocycles. The third-order valence-corrected chi connectivity index (χ3v) is 4.45. The second-order valence-electron chi connectivity index (χ2n) is 6.53. The van der Waals surface area contributed by atoms with Crippen molar-refractivity contribution in [2.45, 2.75) is 20.4 Å². The lowest BCUT2D eigenvalue weighted by atomic mass is 10.1. The summed E-state index contributed by atoms with van der Waals surface area (Å²) in [6.07, 6.45) is 3.00. The average Bonchev–Trinajstić information content (AvgIpc) is 3.11. The van der Waals surface area contributed by atoms with Gasteiger partial charge in [0.25, 0.3) is 5.56 Å². The lowest BCUT2D eigenvalue weighted by Gasteiger charge is -2.09. The van der Waals surface area contributed by atoms with Crippen molar-refractivity contribution < 1.29 is 9.21 Å². The Labute approximate surface area is 160 Å². The van der Waals surface area contributed by atoms with E-state index in [4.69, 9.17) is 4.42 Å². The van der Waals surface area contributed by atoms with Crippen molar-refractivity contribution in [2.24, 2.45) is 0 Å². The van der Waals surface area contributed by atoms with Crippen LogP contribution in [0.25, 0.3) is 22.2 Å². The average molecular weight is 374 g/mol. The molecule has 4 aromatic rings. The molecular formula is C21H18N4O3. The first-order chi connectivity index (χ1) is 13.5. The SMILES string of the molecule is Cc1nc(-c2ccc(NC(=O)Cn3cnc4c(C)cccc4c3=O)cc2)co1. The minimum atomic E-state index is -0.305. The van der Waals surface area contributed by atoms with Crippen LogP contribution >= 0.6 is 0 Å². The first-order valence-corrected chi connectivity index (χ1v) is 8.78. The number of rotatable bonds is 4. The molecule has 2 heterocycles. The van der Waals surface area contributed by atoms with Crippen LogP contribution in [-0.4, -0.2) is 20.4 Å². The Morgan fingerprint density at radius 2 is 1.93 bits per heavy atom. The molecule has 2 aromatic carbocycles. The van der Waals surface area contributed by atoms with Gasteiger partial charge in [-0.15, -0.1) is 0 Å². The summed E-state index contributed by atoms with van der Waals surface area (Å²) >= 11 is 0. The van der Waals surface area contributed by atoms with Crippen molar-refractivity contribution in [1.29, 1.82) is 0 Å². The number of amides is 1. The molecule has 1 N–H and O–H groups in total. The Kier molecular flexibility index (Phi) is 4.49. The van der Waals surface area contributed by atoms with Crippen LogP contribution in [-0.2, 0) is 11.3 Å². The first-order valence-electron chi connectivity index (χ1n) is 8.78. The fourth-order valence-electron chi connectivity index (χ4n) is 3.03. The zero-order valence-corrected chi connectivity index (χ0v) is 15.5. The molecule has 0 radical (unpaired) electrons. The molecule has 7 nitrogen and oxygen atoms in total. The molecule has 7 heteroatoms. The smallest absolute Gasteiger partial charge is 0.261 e. The van der Waals surface area contributed by atoms with Crippen LogP contribution in [0.3, 0.4) is 0 Å². The maximum atomic E-state index is 12.6. The molecule has 0 saturated carbocycles. The predicted molar refractivity (Wildman–Crippen MR) is 106 cm³/mol. The summed E-state index contributed by atoms with van der Waals surface area (Å²) in [5.74, 6) is 0.290. The molecule has 0 aliphatic rings. The highest BCUT2D eigenvalue weighted by atomic mass is 16.3. The number of aryl methyl sites for hydroxylation is 2. The van der Waals surface area contributed by atoms with Gasteiger partial charge in [0.15, 0.2) is 5.89 Å². The molecule has 140 valence electrons. The number of hydrogen-bond acceptors (Lipinski definition) is 5. The number of aromatic nitrogens is 3. The minimum absolute atomic E-state index is 0.111. The highest BCUT2D eigenvalue weighted by molar-refractivity contribution is 5.91. The number of para-hydroxylation sites is 1. The molecule has 0 fully saturated rings. The number of fused-ring (bicyclic) bond motifs is 1. The van der Waals surface area contributed by atoms with Crippen LogP contribution < -0.4 is 10.9 Å². The highest BCUT2D eigenvalue weighted by Gasteiger charge is 2.10. The molecule has 28 heavy (non-hydrogen) atoms. The Bertz CT molecular complexity index is 1220.